The number of carbonyl (C=O) groups is 2. The zero-order valence-corrected chi connectivity index (χ0v) is 11.4. The van der Waals surface area contributed by atoms with Gasteiger partial charge in [0.25, 0.3) is 0 Å². The van der Waals surface area contributed by atoms with Crippen LogP contribution in [0.1, 0.15) is 12.8 Å². The maximum absolute atomic E-state index is 12.1. The SMILES string of the molecule is COC(CN)CC(=O)N1CCCN(CC(=O)O)CC1. The lowest BCUT2D eigenvalue weighted by molar-refractivity contribution is -0.138. The molecule has 1 aliphatic rings. The van der Waals surface area contributed by atoms with Crippen molar-refractivity contribution in [2.24, 2.45) is 5.73 Å². The lowest BCUT2D eigenvalue weighted by Gasteiger charge is -2.23. The van der Waals surface area contributed by atoms with Gasteiger partial charge < -0.3 is 20.5 Å². The first kappa shape index (κ1) is 15.9. The maximum Gasteiger partial charge on any atom is 0.317 e. The number of methoxy groups -OCH3 is 1. The molecule has 0 bridgehead atoms. The molecule has 110 valence electrons. The Morgan fingerprint density at radius 1 is 1.32 bits per heavy atom. The van der Waals surface area contributed by atoms with Crippen molar-refractivity contribution < 1.29 is 19.4 Å². The number of carboxylic acids is 1. The van der Waals surface area contributed by atoms with Gasteiger partial charge in [0, 0.05) is 39.8 Å². The number of hydrogen-bond donors (Lipinski definition) is 2. The lowest BCUT2D eigenvalue weighted by Crippen LogP contribution is -2.39. The first-order valence-corrected chi connectivity index (χ1v) is 6.51. The summed E-state index contributed by atoms with van der Waals surface area (Å²) in [5.74, 6) is -0.808. The molecular formula is C12H23N3O4. The summed E-state index contributed by atoms with van der Waals surface area (Å²) in [6.07, 6.45) is 0.830. The average molecular weight is 273 g/mol. The van der Waals surface area contributed by atoms with Gasteiger partial charge in [-0.2, -0.15) is 0 Å². The molecule has 1 unspecified atom stereocenters. The Labute approximate surface area is 113 Å². The van der Waals surface area contributed by atoms with Gasteiger partial charge in [-0.1, -0.05) is 0 Å². The molecule has 0 aliphatic carbocycles. The molecule has 1 heterocycles. The van der Waals surface area contributed by atoms with Crippen molar-refractivity contribution >= 4 is 11.9 Å². The Bertz CT molecular complexity index is 307. The molecule has 19 heavy (non-hydrogen) atoms. The van der Waals surface area contributed by atoms with E-state index in [2.05, 4.69) is 0 Å². The van der Waals surface area contributed by atoms with E-state index in [0.29, 0.717) is 32.7 Å². The summed E-state index contributed by atoms with van der Waals surface area (Å²) >= 11 is 0. The molecule has 0 aromatic rings. The predicted molar refractivity (Wildman–Crippen MR) is 69.7 cm³/mol. The number of carbonyl (C=O) groups excluding carboxylic acids is 1. The first-order chi connectivity index (χ1) is 9.06. The van der Waals surface area contributed by atoms with Crippen LogP contribution in [-0.2, 0) is 14.3 Å². The van der Waals surface area contributed by atoms with Crippen LogP contribution in [-0.4, -0.2) is 79.3 Å². The van der Waals surface area contributed by atoms with Crippen molar-refractivity contribution in [2.45, 2.75) is 18.9 Å². The molecule has 7 nitrogen and oxygen atoms in total. The van der Waals surface area contributed by atoms with Crippen LogP contribution >= 0.6 is 0 Å². The van der Waals surface area contributed by atoms with E-state index < -0.39 is 5.97 Å². The van der Waals surface area contributed by atoms with Gasteiger partial charge in [0.05, 0.1) is 19.1 Å². The Kier molecular flexibility index (Phi) is 6.75. The van der Waals surface area contributed by atoms with Crippen molar-refractivity contribution in [2.75, 3.05) is 46.4 Å². The molecule has 7 heteroatoms. The van der Waals surface area contributed by atoms with Gasteiger partial charge in [0.1, 0.15) is 0 Å². The zero-order valence-electron chi connectivity index (χ0n) is 11.4. The minimum absolute atomic E-state index is 0.0227. The van der Waals surface area contributed by atoms with E-state index >= 15 is 0 Å². The Morgan fingerprint density at radius 2 is 2.05 bits per heavy atom. The fourth-order valence-electron chi connectivity index (χ4n) is 2.16. The standard InChI is InChI=1S/C12H23N3O4/c1-19-10(8-13)7-11(16)15-4-2-3-14(5-6-15)9-12(17)18/h10H,2-9,13H2,1H3,(H,17,18). The highest BCUT2D eigenvalue weighted by molar-refractivity contribution is 5.76. The second-order valence-corrected chi connectivity index (χ2v) is 4.70. The van der Waals surface area contributed by atoms with E-state index in [1.54, 1.807) is 12.0 Å². The van der Waals surface area contributed by atoms with E-state index in [4.69, 9.17) is 15.6 Å². The third-order valence-corrected chi connectivity index (χ3v) is 3.30. The number of aliphatic carboxylic acids is 1. The molecule has 1 saturated heterocycles. The molecule has 1 fully saturated rings. The monoisotopic (exact) mass is 273 g/mol. The Balaban J connectivity index is 2.43. The van der Waals surface area contributed by atoms with Crippen LogP contribution in [0.25, 0.3) is 0 Å². The number of nitrogens with zero attached hydrogens (tertiary/aromatic N) is 2. The fraction of sp³-hybridized carbons (Fsp3) is 0.833. The summed E-state index contributed by atoms with van der Waals surface area (Å²) in [5, 5.41) is 8.76. The quantitative estimate of drug-likeness (QED) is 0.642. The summed E-state index contributed by atoms with van der Waals surface area (Å²) in [7, 11) is 1.54. The number of ether oxygens (including phenoxy) is 1. The highest BCUT2D eigenvalue weighted by Crippen LogP contribution is 2.07. The predicted octanol–water partition coefficient (Wildman–Crippen LogP) is -1.03. The van der Waals surface area contributed by atoms with Gasteiger partial charge in [-0.25, -0.2) is 0 Å². The molecule has 1 atom stereocenters. The largest absolute Gasteiger partial charge is 0.480 e. The normalized spacial score (nSPS) is 18.9. The number of nitrogens with two attached hydrogens (primary N) is 1. The third-order valence-electron chi connectivity index (χ3n) is 3.30. The van der Waals surface area contributed by atoms with Crippen LogP contribution in [0.15, 0.2) is 0 Å². The minimum Gasteiger partial charge on any atom is -0.480 e. The number of hydrogen-bond acceptors (Lipinski definition) is 5. The molecule has 0 aromatic carbocycles. The summed E-state index contributed by atoms with van der Waals surface area (Å²) in [5.41, 5.74) is 5.50. The third kappa shape index (κ3) is 5.54. The van der Waals surface area contributed by atoms with Crippen LogP contribution in [0, 0.1) is 0 Å². The Hall–Kier alpha value is -1.18. The topological polar surface area (TPSA) is 96.1 Å². The lowest BCUT2D eigenvalue weighted by atomic mass is 10.2. The fourth-order valence-corrected chi connectivity index (χ4v) is 2.16. The van der Waals surface area contributed by atoms with Gasteiger partial charge >= 0.3 is 5.97 Å². The van der Waals surface area contributed by atoms with Crippen LogP contribution in [0.4, 0.5) is 0 Å². The molecule has 0 saturated carbocycles. The molecule has 1 amide bonds. The van der Waals surface area contributed by atoms with Crippen LogP contribution in [0.5, 0.6) is 0 Å². The van der Waals surface area contributed by atoms with E-state index in [1.807, 2.05) is 4.90 Å². The second-order valence-electron chi connectivity index (χ2n) is 4.70. The van der Waals surface area contributed by atoms with Gasteiger partial charge in [0.2, 0.25) is 5.91 Å². The average Bonchev–Trinajstić information content (AvgIpc) is 2.60. The summed E-state index contributed by atoms with van der Waals surface area (Å²) in [6.45, 7) is 2.88. The van der Waals surface area contributed by atoms with E-state index in [-0.39, 0.29) is 25.0 Å². The highest BCUT2D eigenvalue weighted by Gasteiger charge is 2.22. The van der Waals surface area contributed by atoms with E-state index in [1.165, 1.54) is 0 Å². The van der Waals surface area contributed by atoms with Crippen molar-refractivity contribution in [3.8, 4) is 0 Å². The highest BCUT2D eigenvalue weighted by atomic mass is 16.5. The van der Waals surface area contributed by atoms with Gasteiger partial charge in [0.15, 0.2) is 0 Å². The minimum atomic E-state index is -0.831. The number of carboxylic acid groups (broad SMARTS) is 1. The van der Waals surface area contributed by atoms with E-state index in [0.717, 1.165) is 6.42 Å². The van der Waals surface area contributed by atoms with Crippen molar-refractivity contribution in [3.63, 3.8) is 0 Å². The van der Waals surface area contributed by atoms with Crippen molar-refractivity contribution in [3.05, 3.63) is 0 Å². The molecule has 3 N–H and O–H groups in total. The smallest absolute Gasteiger partial charge is 0.317 e. The molecule has 0 radical (unpaired) electrons. The summed E-state index contributed by atoms with van der Waals surface area (Å²) < 4.78 is 5.11. The van der Waals surface area contributed by atoms with Crippen LogP contribution in [0.3, 0.4) is 0 Å². The molecule has 0 aromatic heterocycles. The first-order valence-electron chi connectivity index (χ1n) is 6.51. The van der Waals surface area contributed by atoms with Crippen molar-refractivity contribution in [1.29, 1.82) is 0 Å². The molecular weight excluding hydrogens is 250 g/mol. The molecule has 1 rings (SSSR count). The Morgan fingerprint density at radius 3 is 2.63 bits per heavy atom. The number of rotatable bonds is 6. The van der Waals surface area contributed by atoms with Gasteiger partial charge in [-0.05, 0) is 6.42 Å². The van der Waals surface area contributed by atoms with Gasteiger partial charge in [-0.15, -0.1) is 0 Å². The molecule has 0 spiro atoms. The van der Waals surface area contributed by atoms with E-state index in [9.17, 15) is 9.59 Å². The number of amides is 1. The van der Waals surface area contributed by atoms with Crippen LogP contribution < -0.4 is 5.73 Å². The summed E-state index contributed by atoms with van der Waals surface area (Å²) in [6, 6.07) is 0. The van der Waals surface area contributed by atoms with Crippen LogP contribution in [0.2, 0.25) is 0 Å². The van der Waals surface area contributed by atoms with Crippen molar-refractivity contribution in [1.82, 2.24) is 9.80 Å². The molecule has 1 aliphatic heterocycles. The maximum atomic E-state index is 12.1. The summed E-state index contributed by atoms with van der Waals surface area (Å²) in [4.78, 5) is 26.4. The second kappa shape index (κ2) is 8.08. The van der Waals surface area contributed by atoms with Gasteiger partial charge in [-0.3, -0.25) is 14.5 Å². The zero-order chi connectivity index (χ0) is 14.3.